The van der Waals surface area contributed by atoms with Crippen LogP contribution in [0.3, 0.4) is 0 Å². The van der Waals surface area contributed by atoms with E-state index in [-0.39, 0.29) is 17.9 Å². The summed E-state index contributed by atoms with van der Waals surface area (Å²) in [4.78, 5) is 34.2. The summed E-state index contributed by atoms with van der Waals surface area (Å²) in [5, 5.41) is 2.81. The third-order valence-electron chi connectivity index (χ3n) is 5.46. The highest BCUT2D eigenvalue weighted by molar-refractivity contribution is 6.19. The van der Waals surface area contributed by atoms with Crippen molar-refractivity contribution in [2.24, 2.45) is 15.9 Å². The molecule has 3 unspecified atom stereocenters. The van der Waals surface area contributed by atoms with E-state index in [9.17, 15) is 9.59 Å². The van der Waals surface area contributed by atoms with Gasteiger partial charge in [-0.3, -0.25) is 9.79 Å². The molecule has 1 saturated heterocycles. The first kappa shape index (κ1) is 17.1. The standard InChI is InChI=1S/C20H20N4O4/c1-24-9-14(12-6-7-21-16(12)19(24)25)13-4-5-15-17(23-20(26)22-15)18(13)28-11-3-2-8-27-10-11/h4-7,9,11,13,16H,2-3,8,10H2,1H3,(H,23,26). The maximum absolute atomic E-state index is 12.4. The average molecular weight is 380 g/mol. The van der Waals surface area contributed by atoms with E-state index in [4.69, 9.17) is 9.47 Å². The van der Waals surface area contributed by atoms with E-state index in [0.717, 1.165) is 30.6 Å². The van der Waals surface area contributed by atoms with Crippen LogP contribution in [0, 0.1) is 5.92 Å². The number of likely N-dealkylation sites (N-methyl/N-ethyl adjacent to an activating group) is 1. The number of urea groups is 1. The molecule has 28 heavy (non-hydrogen) atoms. The summed E-state index contributed by atoms with van der Waals surface area (Å²) in [6.45, 7) is 1.25. The predicted octanol–water partition coefficient (Wildman–Crippen LogP) is 1.48. The number of aliphatic imine (C=N–C) groups is 2. The molecule has 0 saturated carbocycles. The van der Waals surface area contributed by atoms with E-state index in [1.807, 2.05) is 24.4 Å². The quantitative estimate of drug-likeness (QED) is 0.803. The zero-order chi connectivity index (χ0) is 19.3. The van der Waals surface area contributed by atoms with E-state index >= 15 is 0 Å². The van der Waals surface area contributed by atoms with Gasteiger partial charge < -0.3 is 19.7 Å². The van der Waals surface area contributed by atoms with E-state index in [0.29, 0.717) is 23.8 Å². The number of amides is 3. The molecule has 4 heterocycles. The fraction of sp³-hybridized carbons (Fsp3) is 0.400. The Morgan fingerprint density at radius 3 is 3.04 bits per heavy atom. The normalized spacial score (nSPS) is 31.2. The maximum Gasteiger partial charge on any atom is 0.346 e. The molecule has 0 aromatic carbocycles. The number of carbonyl (C=O) groups is 2. The predicted molar refractivity (Wildman–Crippen MR) is 102 cm³/mol. The van der Waals surface area contributed by atoms with Crippen molar-refractivity contribution >= 4 is 23.9 Å². The number of ether oxygens (including phenoxy) is 2. The van der Waals surface area contributed by atoms with Gasteiger partial charge in [0, 0.05) is 26.1 Å². The lowest BCUT2D eigenvalue weighted by molar-refractivity contribution is -0.128. The molecule has 1 fully saturated rings. The van der Waals surface area contributed by atoms with Gasteiger partial charge in [0.25, 0.3) is 5.91 Å². The Hall–Kier alpha value is -3.00. The third-order valence-corrected chi connectivity index (χ3v) is 5.46. The third kappa shape index (κ3) is 2.72. The van der Waals surface area contributed by atoms with Crippen LogP contribution in [0.2, 0.25) is 0 Å². The largest absolute Gasteiger partial charge is 0.489 e. The molecular formula is C20H20N4O4. The number of hydrogen-bond donors (Lipinski definition) is 1. The molecule has 0 spiro atoms. The topological polar surface area (TPSA) is 92.6 Å². The van der Waals surface area contributed by atoms with Gasteiger partial charge in [-0.1, -0.05) is 6.08 Å². The van der Waals surface area contributed by atoms with Crippen molar-refractivity contribution < 1.29 is 19.1 Å². The lowest BCUT2D eigenvalue weighted by Gasteiger charge is -2.34. The smallest absolute Gasteiger partial charge is 0.346 e. The second kappa shape index (κ2) is 6.56. The van der Waals surface area contributed by atoms with Crippen LogP contribution in [-0.4, -0.2) is 61.2 Å². The Morgan fingerprint density at radius 1 is 1.32 bits per heavy atom. The first-order chi connectivity index (χ1) is 13.6. The van der Waals surface area contributed by atoms with Crippen LogP contribution in [0.4, 0.5) is 4.79 Å². The molecular weight excluding hydrogens is 360 g/mol. The molecule has 0 radical (unpaired) electrons. The molecule has 8 heteroatoms. The van der Waals surface area contributed by atoms with Gasteiger partial charge in [0.15, 0.2) is 6.04 Å². The van der Waals surface area contributed by atoms with Gasteiger partial charge >= 0.3 is 6.03 Å². The van der Waals surface area contributed by atoms with Crippen LogP contribution in [0.25, 0.3) is 0 Å². The number of nitrogens with one attached hydrogen (secondary N) is 1. The highest BCUT2D eigenvalue weighted by Gasteiger charge is 2.40. The number of hydrogen-bond acceptors (Lipinski definition) is 5. The van der Waals surface area contributed by atoms with Crippen LogP contribution < -0.4 is 5.32 Å². The van der Waals surface area contributed by atoms with Crippen molar-refractivity contribution in [1.29, 1.82) is 0 Å². The van der Waals surface area contributed by atoms with Gasteiger partial charge in [-0.25, -0.2) is 4.79 Å². The molecule has 3 atom stereocenters. The molecule has 8 nitrogen and oxygen atoms in total. The summed E-state index contributed by atoms with van der Waals surface area (Å²) >= 11 is 0. The van der Waals surface area contributed by atoms with Crippen LogP contribution >= 0.6 is 0 Å². The Labute approximate surface area is 162 Å². The summed E-state index contributed by atoms with van der Waals surface area (Å²) < 4.78 is 11.9. The van der Waals surface area contributed by atoms with Gasteiger partial charge in [0.2, 0.25) is 0 Å². The first-order valence-corrected chi connectivity index (χ1v) is 9.41. The molecule has 5 rings (SSSR count). The summed E-state index contributed by atoms with van der Waals surface area (Å²) in [7, 11) is 1.73. The van der Waals surface area contributed by atoms with Crippen molar-refractivity contribution in [3.05, 3.63) is 47.0 Å². The minimum Gasteiger partial charge on any atom is -0.489 e. The Balaban J connectivity index is 1.55. The zero-order valence-corrected chi connectivity index (χ0v) is 15.4. The summed E-state index contributed by atoms with van der Waals surface area (Å²) in [6.07, 6.45) is 10.9. The van der Waals surface area contributed by atoms with Crippen LogP contribution in [0.15, 0.2) is 57.0 Å². The highest BCUT2D eigenvalue weighted by Crippen LogP contribution is 2.40. The number of rotatable bonds is 3. The second-order valence-electron chi connectivity index (χ2n) is 7.32. The van der Waals surface area contributed by atoms with Crippen LogP contribution in [-0.2, 0) is 14.3 Å². The minimum atomic E-state index is -0.518. The van der Waals surface area contributed by atoms with Gasteiger partial charge in [-0.15, -0.1) is 0 Å². The number of nitrogens with zero attached hydrogens (tertiary/aromatic N) is 3. The van der Waals surface area contributed by atoms with Gasteiger partial charge in [0.05, 0.1) is 18.2 Å². The van der Waals surface area contributed by atoms with E-state index in [1.165, 1.54) is 0 Å². The SMILES string of the molecule is CN1C=C(C2C=CC3=NC(=O)NC3=C2OC2CCCOC2)C2=CC=NC2C1=O. The van der Waals surface area contributed by atoms with Crippen molar-refractivity contribution in [2.75, 3.05) is 20.3 Å². The lowest BCUT2D eigenvalue weighted by Crippen LogP contribution is -2.39. The van der Waals surface area contributed by atoms with Crippen molar-refractivity contribution in [2.45, 2.75) is 25.0 Å². The van der Waals surface area contributed by atoms with Crippen LogP contribution in [0.5, 0.6) is 0 Å². The van der Waals surface area contributed by atoms with Crippen molar-refractivity contribution in [1.82, 2.24) is 10.2 Å². The molecule has 5 aliphatic rings. The number of carbonyl (C=O) groups excluding carboxylic acids is 2. The number of fused-ring (bicyclic) bond motifs is 2. The fourth-order valence-electron chi connectivity index (χ4n) is 4.09. The molecule has 3 amide bonds. The summed E-state index contributed by atoms with van der Waals surface area (Å²) in [5.41, 5.74) is 2.96. The number of allylic oxidation sites excluding steroid dienone is 3. The summed E-state index contributed by atoms with van der Waals surface area (Å²) in [6, 6.07) is -0.918. The maximum atomic E-state index is 12.4. The van der Waals surface area contributed by atoms with E-state index in [1.54, 1.807) is 18.2 Å². The molecule has 144 valence electrons. The average Bonchev–Trinajstić information content (AvgIpc) is 3.32. The Kier molecular flexibility index (Phi) is 4.01. The highest BCUT2D eigenvalue weighted by atomic mass is 16.5. The van der Waals surface area contributed by atoms with Gasteiger partial charge in [0.1, 0.15) is 17.6 Å². The van der Waals surface area contributed by atoms with Crippen molar-refractivity contribution in [3.8, 4) is 0 Å². The van der Waals surface area contributed by atoms with Gasteiger partial charge in [-0.2, -0.15) is 4.99 Å². The monoisotopic (exact) mass is 380 g/mol. The first-order valence-electron chi connectivity index (χ1n) is 9.41. The lowest BCUT2D eigenvalue weighted by atomic mass is 9.82. The van der Waals surface area contributed by atoms with Crippen molar-refractivity contribution in [3.63, 3.8) is 0 Å². The second-order valence-corrected chi connectivity index (χ2v) is 7.32. The Morgan fingerprint density at radius 2 is 2.21 bits per heavy atom. The molecule has 1 aliphatic carbocycles. The molecule has 0 aromatic heterocycles. The van der Waals surface area contributed by atoms with E-state index < -0.39 is 12.1 Å². The van der Waals surface area contributed by atoms with E-state index in [2.05, 4.69) is 15.3 Å². The molecule has 0 bridgehead atoms. The zero-order valence-electron chi connectivity index (χ0n) is 15.4. The van der Waals surface area contributed by atoms with Crippen LogP contribution in [0.1, 0.15) is 12.8 Å². The molecule has 4 aliphatic heterocycles. The summed E-state index contributed by atoms with van der Waals surface area (Å²) in [5.74, 6) is 0.333. The fourth-order valence-corrected chi connectivity index (χ4v) is 4.09. The van der Waals surface area contributed by atoms with Gasteiger partial charge in [-0.05, 0) is 36.1 Å². The molecule has 0 aromatic rings. The minimum absolute atomic E-state index is 0.0595. The Bertz CT molecular complexity index is 934. The molecule has 1 N–H and O–H groups in total.